The highest BCUT2D eigenvalue weighted by Gasteiger charge is 2.16. The van der Waals surface area contributed by atoms with Gasteiger partial charge in [0, 0.05) is 22.6 Å². The van der Waals surface area contributed by atoms with E-state index in [1.54, 1.807) is 0 Å². The number of benzene rings is 1. The van der Waals surface area contributed by atoms with E-state index in [0.717, 1.165) is 19.3 Å². The van der Waals surface area contributed by atoms with E-state index in [1.807, 2.05) is 0 Å². The lowest BCUT2D eigenvalue weighted by Gasteiger charge is -2.07. The molecular weight excluding hydrogens is 264 g/mol. The molecule has 0 atom stereocenters. The number of carbonyl (C=O) groups excluding carboxylic acids is 1. The van der Waals surface area contributed by atoms with Crippen molar-refractivity contribution in [2.75, 3.05) is 6.54 Å². The average Bonchev–Trinajstić information content (AvgIpc) is 2.37. The second-order valence-corrected chi connectivity index (χ2v) is 4.83. The maximum Gasteiger partial charge on any atom is 0.489 e. The van der Waals surface area contributed by atoms with Crippen LogP contribution in [0.3, 0.4) is 0 Å². The van der Waals surface area contributed by atoms with Crippen LogP contribution in [0.4, 0.5) is 0 Å². The Morgan fingerprint density at radius 3 is 2.63 bits per heavy atom. The maximum atomic E-state index is 11.8. The predicted octanol–water partition coefficient (Wildman–Crippen LogP) is 1.33. The molecule has 19 heavy (non-hydrogen) atoms. The molecule has 104 valence electrons. The average molecular weight is 284 g/mol. The topological polar surface area (TPSA) is 69.6 Å². The minimum absolute atomic E-state index is 0.175. The van der Waals surface area contributed by atoms with Crippen molar-refractivity contribution in [3.63, 3.8) is 0 Å². The number of hydrogen-bond donors (Lipinski definition) is 3. The Balaban J connectivity index is 2.51. The monoisotopic (exact) mass is 283 g/mol. The zero-order valence-electron chi connectivity index (χ0n) is 11.0. The lowest BCUT2D eigenvalue weighted by atomic mass is 9.80. The molecule has 0 aliphatic heterocycles. The molecule has 1 rings (SSSR count). The summed E-state index contributed by atoms with van der Waals surface area (Å²) < 4.78 is 0. The van der Waals surface area contributed by atoms with Gasteiger partial charge in [-0.3, -0.25) is 4.79 Å². The number of rotatable bonds is 7. The molecule has 0 saturated carbocycles. The summed E-state index contributed by atoms with van der Waals surface area (Å²) in [6.07, 6.45) is 4.40. The zero-order valence-corrected chi connectivity index (χ0v) is 11.8. The fourth-order valence-corrected chi connectivity index (χ4v) is 2.01. The SMILES string of the molecule is CCCCCCNC(=O)c1ccc(B(O)O)c(Cl)c1. The molecular formula is C13H19BClNO3. The Morgan fingerprint density at radius 1 is 1.32 bits per heavy atom. The van der Waals surface area contributed by atoms with Gasteiger partial charge < -0.3 is 15.4 Å². The van der Waals surface area contributed by atoms with E-state index in [2.05, 4.69) is 12.2 Å². The van der Waals surface area contributed by atoms with Crippen molar-refractivity contribution in [2.24, 2.45) is 0 Å². The fourth-order valence-electron chi connectivity index (χ4n) is 1.73. The van der Waals surface area contributed by atoms with Crippen LogP contribution in [0.25, 0.3) is 0 Å². The van der Waals surface area contributed by atoms with Crippen molar-refractivity contribution in [2.45, 2.75) is 32.6 Å². The summed E-state index contributed by atoms with van der Waals surface area (Å²) in [5, 5.41) is 21.0. The fraction of sp³-hybridized carbons (Fsp3) is 0.462. The molecule has 0 aromatic heterocycles. The van der Waals surface area contributed by atoms with Gasteiger partial charge in [0.25, 0.3) is 5.91 Å². The standard InChI is InChI=1S/C13H19BClNO3/c1-2-3-4-5-8-16-13(17)10-6-7-11(14(18)19)12(15)9-10/h6-7,9,18-19H,2-5,8H2,1H3,(H,16,17). The molecule has 6 heteroatoms. The third kappa shape index (κ3) is 5.23. The van der Waals surface area contributed by atoms with Crippen molar-refractivity contribution < 1.29 is 14.8 Å². The predicted molar refractivity (Wildman–Crippen MR) is 77.8 cm³/mol. The van der Waals surface area contributed by atoms with Gasteiger partial charge in [0.05, 0.1) is 0 Å². The quantitative estimate of drug-likeness (QED) is 0.522. The Bertz CT molecular complexity index is 426. The van der Waals surface area contributed by atoms with Crippen molar-refractivity contribution in [3.05, 3.63) is 28.8 Å². The summed E-state index contributed by atoms with van der Waals surface area (Å²) in [7, 11) is -1.63. The first-order valence-corrected chi connectivity index (χ1v) is 6.87. The highest BCUT2D eigenvalue weighted by Crippen LogP contribution is 2.09. The van der Waals surface area contributed by atoms with E-state index in [0.29, 0.717) is 12.1 Å². The number of hydrogen-bond acceptors (Lipinski definition) is 3. The van der Waals surface area contributed by atoms with Crippen LogP contribution >= 0.6 is 11.6 Å². The third-order valence-corrected chi connectivity index (χ3v) is 3.18. The first-order valence-electron chi connectivity index (χ1n) is 6.50. The van der Waals surface area contributed by atoms with Crippen molar-refractivity contribution in [1.29, 1.82) is 0 Å². The second kappa shape index (κ2) is 8.20. The number of halogens is 1. The van der Waals surface area contributed by atoms with Crippen LogP contribution in [-0.4, -0.2) is 29.6 Å². The van der Waals surface area contributed by atoms with Crippen LogP contribution < -0.4 is 10.8 Å². The van der Waals surface area contributed by atoms with Gasteiger partial charge in [0.2, 0.25) is 0 Å². The molecule has 0 heterocycles. The van der Waals surface area contributed by atoms with Gasteiger partial charge in [-0.05, 0) is 18.6 Å². The number of carbonyl (C=O) groups is 1. The molecule has 0 spiro atoms. The van der Waals surface area contributed by atoms with Crippen LogP contribution in [0.15, 0.2) is 18.2 Å². The Kier molecular flexibility index (Phi) is 6.91. The van der Waals surface area contributed by atoms with E-state index in [9.17, 15) is 4.79 Å². The van der Waals surface area contributed by atoms with Gasteiger partial charge in [0.1, 0.15) is 0 Å². The first kappa shape index (κ1) is 16.0. The van der Waals surface area contributed by atoms with Crippen LogP contribution in [-0.2, 0) is 0 Å². The largest absolute Gasteiger partial charge is 0.489 e. The minimum Gasteiger partial charge on any atom is -0.423 e. The lowest BCUT2D eigenvalue weighted by Crippen LogP contribution is -2.31. The summed E-state index contributed by atoms with van der Waals surface area (Å²) in [4.78, 5) is 11.8. The smallest absolute Gasteiger partial charge is 0.423 e. The van der Waals surface area contributed by atoms with Gasteiger partial charge in [-0.15, -0.1) is 0 Å². The summed E-state index contributed by atoms with van der Waals surface area (Å²) in [5.74, 6) is -0.197. The zero-order chi connectivity index (χ0) is 14.3. The van der Waals surface area contributed by atoms with Gasteiger partial charge in [0.15, 0.2) is 0 Å². The minimum atomic E-state index is -1.63. The van der Waals surface area contributed by atoms with E-state index < -0.39 is 7.12 Å². The van der Waals surface area contributed by atoms with E-state index in [4.69, 9.17) is 21.6 Å². The van der Waals surface area contributed by atoms with Gasteiger partial charge in [-0.1, -0.05) is 43.9 Å². The second-order valence-electron chi connectivity index (χ2n) is 4.43. The normalized spacial score (nSPS) is 10.3. The van der Waals surface area contributed by atoms with Crippen molar-refractivity contribution in [3.8, 4) is 0 Å². The van der Waals surface area contributed by atoms with E-state index in [1.165, 1.54) is 24.6 Å². The molecule has 0 saturated heterocycles. The molecule has 0 aliphatic carbocycles. The van der Waals surface area contributed by atoms with E-state index >= 15 is 0 Å². The molecule has 0 unspecified atom stereocenters. The van der Waals surface area contributed by atoms with Crippen LogP contribution in [0, 0.1) is 0 Å². The molecule has 1 aromatic carbocycles. The first-order chi connectivity index (χ1) is 9.06. The Hall–Kier alpha value is -1.04. The number of amides is 1. The number of unbranched alkanes of at least 4 members (excludes halogenated alkanes) is 3. The summed E-state index contributed by atoms with van der Waals surface area (Å²) in [6, 6.07) is 4.42. The summed E-state index contributed by atoms with van der Waals surface area (Å²) >= 11 is 5.87. The molecule has 3 N–H and O–H groups in total. The molecule has 1 aromatic rings. The molecule has 0 aliphatic rings. The van der Waals surface area contributed by atoms with Crippen molar-refractivity contribution in [1.82, 2.24) is 5.32 Å². The number of nitrogens with one attached hydrogen (secondary N) is 1. The highest BCUT2D eigenvalue weighted by molar-refractivity contribution is 6.62. The van der Waals surface area contributed by atoms with Crippen LogP contribution in [0.1, 0.15) is 43.0 Å². The highest BCUT2D eigenvalue weighted by atomic mass is 35.5. The molecule has 1 amide bonds. The Labute approximate surface area is 118 Å². The molecule has 0 radical (unpaired) electrons. The molecule has 0 fully saturated rings. The van der Waals surface area contributed by atoms with E-state index in [-0.39, 0.29) is 16.4 Å². The Morgan fingerprint density at radius 2 is 2.05 bits per heavy atom. The summed E-state index contributed by atoms with van der Waals surface area (Å²) in [5.41, 5.74) is 0.617. The van der Waals surface area contributed by atoms with Crippen molar-refractivity contribution >= 4 is 30.1 Å². The van der Waals surface area contributed by atoms with Crippen LogP contribution in [0.5, 0.6) is 0 Å². The maximum absolute atomic E-state index is 11.8. The van der Waals surface area contributed by atoms with Crippen LogP contribution in [0.2, 0.25) is 5.02 Å². The molecule has 0 bridgehead atoms. The summed E-state index contributed by atoms with van der Waals surface area (Å²) in [6.45, 7) is 2.78. The van der Waals surface area contributed by atoms with Gasteiger partial charge in [-0.25, -0.2) is 0 Å². The third-order valence-electron chi connectivity index (χ3n) is 2.86. The molecule has 4 nitrogen and oxygen atoms in total. The van der Waals surface area contributed by atoms with Gasteiger partial charge >= 0.3 is 7.12 Å². The van der Waals surface area contributed by atoms with Gasteiger partial charge in [-0.2, -0.15) is 0 Å². The lowest BCUT2D eigenvalue weighted by molar-refractivity contribution is 0.0953.